The maximum Gasteiger partial charge on any atom is 0.272 e. The van der Waals surface area contributed by atoms with Gasteiger partial charge in [0.25, 0.3) is 5.69 Å². The largest absolute Gasteiger partial charge is 0.314 e. The third-order valence-electron chi connectivity index (χ3n) is 4.54. The topological polar surface area (TPSA) is 55.2 Å². The molecule has 1 saturated carbocycles. The van der Waals surface area contributed by atoms with Gasteiger partial charge in [0.1, 0.15) is 0 Å². The van der Waals surface area contributed by atoms with Crippen molar-refractivity contribution >= 4 is 5.69 Å². The second kappa shape index (κ2) is 6.84. The minimum Gasteiger partial charge on any atom is -0.314 e. The molecular formula is C16H24N2O2. The van der Waals surface area contributed by atoms with Crippen molar-refractivity contribution in [3.8, 4) is 0 Å². The van der Waals surface area contributed by atoms with Crippen LogP contribution in [0.15, 0.2) is 24.3 Å². The summed E-state index contributed by atoms with van der Waals surface area (Å²) >= 11 is 0. The third kappa shape index (κ3) is 3.37. The number of nitrogens with one attached hydrogen (secondary N) is 1. The van der Waals surface area contributed by atoms with Gasteiger partial charge in [-0.05, 0) is 31.2 Å². The number of nitro benzene ring substituents is 1. The minimum atomic E-state index is -0.267. The van der Waals surface area contributed by atoms with Crippen molar-refractivity contribution in [2.24, 2.45) is 11.8 Å². The molecule has 0 saturated heterocycles. The molecule has 110 valence electrons. The van der Waals surface area contributed by atoms with Gasteiger partial charge in [0, 0.05) is 17.7 Å². The molecule has 0 spiro atoms. The molecule has 20 heavy (non-hydrogen) atoms. The lowest BCUT2D eigenvalue weighted by Gasteiger charge is -2.27. The highest BCUT2D eigenvalue weighted by atomic mass is 16.6. The molecule has 0 radical (unpaired) electrons. The molecular weight excluding hydrogens is 252 g/mol. The molecule has 0 aliphatic heterocycles. The highest BCUT2D eigenvalue weighted by Gasteiger charge is 2.31. The number of nitrogens with zero attached hydrogens (tertiary/aromatic N) is 1. The van der Waals surface area contributed by atoms with Crippen LogP contribution in [0, 0.1) is 22.0 Å². The van der Waals surface area contributed by atoms with Gasteiger partial charge in [-0.15, -0.1) is 0 Å². The van der Waals surface area contributed by atoms with Crippen LogP contribution in [0.1, 0.15) is 38.7 Å². The van der Waals surface area contributed by atoms with Crippen LogP contribution in [0.3, 0.4) is 0 Å². The van der Waals surface area contributed by atoms with E-state index in [2.05, 4.69) is 19.2 Å². The molecule has 1 fully saturated rings. The molecule has 3 unspecified atom stereocenters. The number of nitro groups is 1. The number of benzene rings is 1. The van der Waals surface area contributed by atoms with Crippen LogP contribution in [0.5, 0.6) is 0 Å². The second-order valence-electron chi connectivity index (χ2n) is 5.83. The smallest absolute Gasteiger partial charge is 0.272 e. The zero-order valence-electron chi connectivity index (χ0n) is 12.3. The Balaban J connectivity index is 2.18. The van der Waals surface area contributed by atoms with E-state index in [1.807, 2.05) is 12.1 Å². The molecule has 0 heterocycles. The molecule has 1 aliphatic rings. The van der Waals surface area contributed by atoms with Crippen molar-refractivity contribution in [1.82, 2.24) is 5.32 Å². The lowest BCUT2D eigenvalue weighted by molar-refractivity contribution is -0.385. The van der Waals surface area contributed by atoms with E-state index in [-0.39, 0.29) is 10.6 Å². The van der Waals surface area contributed by atoms with Gasteiger partial charge < -0.3 is 5.32 Å². The molecule has 1 N–H and O–H groups in total. The van der Waals surface area contributed by atoms with Crippen LogP contribution < -0.4 is 5.32 Å². The Morgan fingerprint density at radius 2 is 2.15 bits per heavy atom. The Labute approximate surface area is 120 Å². The number of likely N-dealkylation sites (N-methyl/N-ethyl adjacent to an activating group) is 1. The van der Waals surface area contributed by atoms with E-state index in [9.17, 15) is 10.1 Å². The Hall–Kier alpha value is -1.42. The van der Waals surface area contributed by atoms with Crippen molar-refractivity contribution in [2.45, 2.75) is 45.6 Å². The molecule has 3 atom stereocenters. The van der Waals surface area contributed by atoms with Crippen molar-refractivity contribution < 1.29 is 4.92 Å². The van der Waals surface area contributed by atoms with E-state index in [4.69, 9.17) is 0 Å². The summed E-state index contributed by atoms with van der Waals surface area (Å²) in [6.07, 6.45) is 4.55. The SMILES string of the molecule is CCNC(Cc1ccccc1[N+](=O)[O-])C1CCCC1C. The quantitative estimate of drug-likeness (QED) is 0.638. The molecule has 0 bridgehead atoms. The molecule has 4 heteroatoms. The van der Waals surface area contributed by atoms with E-state index in [0.717, 1.165) is 18.5 Å². The van der Waals surface area contributed by atoms with E-state index < -0.39 is 0 Å². The van der Waals surface area contributed by atoms with Crippen LogP contribution in [0.2, 0.25) is 0 Å². The summed E-state index contributed by atoms with van der Waals surface area (Å²) in [4.78, 5) is 10.9. The summed E-state index contributed by atoms with van der Waals surface area (Å²) in [5.41, 5.74) is 1.10. The summed E-state index contributed by atoms with van der Waals surface area (Å²) in [5.74, 6) is 1.34. The summed E-state index contributed by atoms with van der Waals surface area (Å²) in [7, 11) is 0. The monoisotopic (exact) mass is 276 g/mol. The summed E-state index contributed by atoms with van der Waals surface area (Å²) < 4.78 is 0. The Morgan fingerprint density at radius 3 is 2.75 bits per heavy atom. The average molecular weight is 276 g/mol. The lowest BCUT2D eigenvalue weighted by atomic mass is 9.86. The zero-order valence-corrected chi connectivity index (χ0v) is 12.3. The Morgan fingerprint density at radius 1 is 1.40 bits per heavy atom. The van der Waals surface area contributed by atoms with Gasteiger partial charge in [-0.2, -0.15) is 0 Å². The first-order valence-electron chi connectivity index (χ1n) is 7.59. The molecule has 0 amide bonds. The lowest BCUT2D eigenvalue weighted by Crippen LogP contribution is -2.39. The fourth-order valence-corrected chi connectivity index (χ4v) is 3.51. The molecule has 4 nitrogen and oxygen atoms in total. The highest BCUT2D eigenvalue weighted by Crippen LogP contribution is 2.35. The minimum absolute atomic E-state index is 0.251. The Bertz CT molecular complexity index is 462. The third-order valence-corrected chi connectivity index (χ3v) is 4.54. The molecule has 0 aromatic heterocycles. The number of rotatable bonds is 6. The Kier molecular flexibility index (Phi) is 5.12. The molecule has 1 aromatic rings. The van der Waals surface area contributed by atoms with Gasteiger partial charge in [-0.25, -0.2) is 0 Å². The molecule has 1 aromatic carbocycles. The first-order valence-corrected chi connectivity index (χ1v) is 7.59. The first kappa shape index (κ1) is 15.0. The summed E-state index contributed by atoms with van der Waals surface area (Å²) in [6.45, 7) is 5.32. The molecule has 1 aliphatic carbocycles. The van der Waals surface area contributed by atoms with Crippen LogP contribution in [0.25, 0.3) is 0 Å². The van der Waals surface area contributed by atoms with Gasteiger partial charge in [-0.1, -0.05) is 44.9 Å². The number of para-hydroxylation sites is 1. The van der Waals surface area contributed by atoms with E-state index in [1.165, 1.54) is 19.3 Å². The maximum absolute atomic E-state index is 11.1. The predicted octanol–water partition coefficient (Wildman–Crippen LogP) is 3.55. The van der Waals surface area contributed by atoms with Crippen molar-refractivity contribution in [3.05, 3.63) is 39.9 Å². The molecule has 2 rings (SSSR count). The number of hydrogen-bond donors (Lipinski definition) is 1. The summed E-state index contributed by atoms with van der Waals surface area (Å²) in [6, 6.07) is 7.47. The maximum atomic E-state index is 11.1. The van der Waals surface area contributed by atoms with Crippen LogP contribution in [-0.4, -0.2) is 17.5 Å². The van der Waals surface area contributed by atoms with E-state index >= 15 is 0 Å². The fraction of sp³-hybridized carbons (Fsp3) is 0.625. The predicted molar refractivity (Wildman–Crippen MR) is 80.8 cm³/mol. The van der Waals surface area contributed by atoms with Gasteiger partial charge >= 0.3 is 0 Å². The highest BCUT2D eigenvalue weighted by molar-refractivity contribution is 5.40. The average Bonchev–Trinajstić information content (AvgIpc) is 2.85. The second-order valence-corrected chi connectivity index (χ2v) is 5.83. The fourth-order valence-electron chi connectivity index (χ4n) is 3.51. The van der Waals surface area contributed by atoms with Gasteiger partial charge in [0.2, 0.25) is 0 Å². The van der Waals surface area contributed by atoms with Crippen LogP contribution >= 0.6 is 0 Å². The zero-order chi connectivity index (χ0) is 14.5. The van der Waals surface area contributed by atoms with Gasteiger partial charge in [0.05, 0.1) is 4.92 Å². The first-order chi connectivity index (χ1) is 9.63. The number of hydrogen-bond acceptors (Lipinski definition) is 3. The van der Waals surface area contributed by atoms with E-state index in [0.29, 0.717) is 17.9 Å². The van der Waals surface area contributed by atoms with Crippen molar-refractivity contribution in [2.75, 3.05) is 6.54 Å². The normalized spacial score (nSPS) is 23.7. The van der Waals surface area contributed by atoms with Crippen molar-refractivity contribution in [1.29, 1.82) is 0 Å². The standard InChI is InChI=1S/C16H24N2O2/c1-3-17-15(14-9-6-7-12(14)2)11-13-8-4-5-10-16(13)18(19)20/h4-5,8,10,12,14-15,17H,3,6-7,9,11H2,1-2H3. The van der Waals surface area contributed by atoms with E-state index in [1.54, 1.807) is 12.1 Å². The van der Waals surface area contributed by atoms with Gasteiger partial charge in [0.15, 0.2) is 0 Å². The van der Waals surface area contributed by atoms with Crippen molar-refractivity contribution in [3.63, 3.8) is 0 Å². The van der Waals surface area contributed by atoms with Gasteiger partial charge in [-0.3, -0.25) is 10.1 Å². The van der Waals surface area contributed by atoms with Crippen LogP contribution in [0.4, 0.5) is 5.69 Å². The summed E-state index contributed by atoms with van der Waals surface area (Å²) in [5, 5.41) is 14.7. The van der Waals surface area contributed by atoms with Crippen LogP contribution in [-0.2, 0) is 6.42 Å².